The third-order valence-electron chi connectivity index (χ3n) is 3.54. The van der Waals surface area contributed by atoms with Gasteiger partial charge in [0.15, 0.2) is 0 Å². The lowest BCUT2D eigenvalue weighted by Gasteiger charge is -2.20. The van der Waals surface area contributed by atoms with Crippen LogP contribution in [-0.4, -0.2) is 7.11 Å². The smallest absolute Gasteiger partial charge is 0.124 e. The Kier molecular flexibility index (Phi) is 5.15. The van der Waals surface area contributed by atoms with Gasteiger partial charge in [-0.2, -0.15) is 0 Å². The highest BCUT2D eigenvalue weighted by molar-refractivity contribution is 6.35. The third kappa shape index (κ3) is 3.70. The van der Waals surface area contributed by atoms with Crippen molar-refractivity contribution >= 4 is 23.2 Å². The minimum atomic E-state index is -0.181. The van der Waals surface area contributed by atoms with E-state index >= 15 is 0 Å². The first-order valence-electron chi connectivity index (χ1n) is 6.77. The van der Waals surface area contributed by atoms with E-state index in [1.54, 1.807) is 13.2 Å². The second-order valence-electron chi connectivity index (χ2n) is 5.24. The summed E-state index contributed by atoms with van der Waals surface area (Å²) in [5.74, 6) is 0.824. The number of rotatable bonds is 4. The van der Waals surface area contributed by atoms with E-state index in [0.717, 1.165) is 28.0 Å². The van der Waals surface area contributed by atoms with Crippen LogP contribution in [0.5, 0.6) is 5.75 Å². The zero-order chi connectivity index (χ0) is 15.6. The molecule has 0 fully saturated rings. The third-order valence-corrected chi connectivity index (χ3v) is 4.13. The molecule has 0 aliphatic carbocycles. The molecule has 0 heterocycles. The molecule has 112 valence electrons. The first kappa shape index (κ1) is 16.2. The largest absolute Gasteiger partial charge is 0.496 e. The molecule has 0 saturated carbocycles. The van der Waals surface area contributed by atoms with Gasteiger partial charge >= 0.3 is 0 Å². The minimum Gasteiger partial charge on any atom is -0.496 e. The summed E-state index contributed by atoms with van der Waals surface area (Å²) in [5.41, 5.74) is 10.7. The fraction of sp³-hybridized carbons (Fsp3) is 0.294. The van der Waals surface area contributed by atoms with Gasteiger partial charge in [0.2, 0.25) is 0 Å². The molecule has 0 aliphatic heterocycles. The molecule has 2 N–H and O–H groups in total. The summed E-state index contributed by atoms with van der Waals surface area (Å²) in [6.45, 7) is 4.09. The summed E-state index contributed by atoms with van der Waals surface area (Å²) < 4.78 is 5.48. The normalized spacial score (nSPS) is 12.3. The molecule has 2 aromatic rings. The second-order valence-corrected chi connectivity index (χ2v) is 6.09. The average molecular weight is 324 g/mol. The first-order valence-corrected chi connectivity index (χ1v) is 7.52. The lowest BCUT2D eigenvalue weighted by atomic mass is 9.94. The van der Waals surface area contributed by atoms with Crippen molar-refractivity contribution in [1.29, 1.82) is 0 Å². The Morgan fingerprint density at radius 2 is 1.86 bits per heavy atom. The number of aryl methyl sites for hydroxylation is 2. The summed E-state index contributed by atoms with van der Waals surface area (Å²) in [5, 5.41) is 1.27. The van der Waals surface area contributed by atoms with Gasteiger partial charge < -0.3 is 10.5 Å². The number of ether oxygens (including phenoxy) is 1. The Morgan fingerprint density at radius 1 is 1.14 bits per heavy atom. The molecule has 1 unspecified atom stereocenters. The topological polar surface area (TPSA) is 35.2 Å². The summed E-state index contributed by atoms with van der Waals surface area (Å²) in [4.78, 5) is 0. The van der Waals surface area contributed by atoms with Crippen LogP contribution in [0.3, 0.4) is 0 Å². The van der Waals surface area contributed by atoms with Crippen molar-refractivity contribution in [3.63, 3.8) is 0 Å². The van der Waals surface area contributed by atoms with Crippen molar-refractivity contribution in [3.8, 4) is 5.75 Å². The van der Waals surface area contributed by atoms with E-state index in [0.29, 0.717) is 16.5 Å². The van der Waals surface area contributed by atoms with Crippen LogP contribution in [0, 0.1) is 13.8 Å². The van der Waals surface area contributed by atoms with E-state index < -0.39 is 0 Å². The van der Waals surface area contributed by atoms with Crippen molar-refractivity contribution < 1.29 is 4.74 Å². The van der Waals surface area contributed by atoms with Gasteiger partial charge in [-0.15, -0.1) is 0 Å². The number of halogens is 2. The van der Waals surface area contributed by atoms with Crippen LogP contribution >= 0.6 is 23.2 Å². The van der Waals surface area contributed by atoms with Crippen molar-refractivity contribution in [3.05, 3.63) is 62.6 Å². The standard InChI is InChI=1S/C17H19Cl2NO/c1-10-6-11(2)17(16(7-10)21-3)15(20)8-12-4-5-13(18)9-14(12)19/h4-7,9,15H,8,20H2,1-3H3. The summed E-state index contributed by atoms with van der Waals surface area (Å²) in [6, 6.07) is 9.42. The van der Waals surface area contributed by atoms with Gasteiger partial charge in [0.1, 0.15) is 5.75 Å². The van der Waals surface area contributed by atoms with Crippen molar-refractivity contribution in [2.45, 2.75) is 26.3 Å². The van der Waals surface area contributed by atoms with E-state index in [4.69, 9.17) is 33.7 Å². The Morgan fingerprint density at radius 3 is 2.48 bits per heavy atom. The maximum Gasteiger partial charge on any atom is 0.124 e. The molecule has 4 heteroatoms. The SMILES string of the molecule is COc1cc(C)cc(C)c1C(N)Cc1ccc(Cl)cc1Cl. The molecule has 0 spiro atoms. The number of hydrogen-bond acceptors (Lipinski definition) is 2. The van der Waals surface area contributed by atoms with Crippen LogP contribution in [0.2, 0.25) is 10.0 Å². The maximum absolute atomic E-state index is 6.39. The predicted octanol–water partition coefficient (Wildman–Crippen LogP) is 4.86. The highest BCUT2D eigenvalue weighted by Crippen LogP contribution is 2.32. The fourth-order valence-electron chi connectivity index (χ4n) is 2.61. The van der Waals surface area contributed by atoms with E-state index in [2.05, 4.69) is 6.07 Å². The molecular formula is C17H19Cl2NO. The number of methoxy groups -OCH3 is 1. The lowest BCUT2D eigenvalue weighted by Crippen LogP contribution is -2.16. The molecule has 0 saturated heterocycles. The monoisotopic (exact) mass is 323 g/mol. The highest BCUT2D eigenvalue weighted by atomic mass is 35.5. The van der Waals surface area contributed by atoms with Gasteiger partial charge in [-0.05, 0) is 55.2 Å². The summed E-state index contributed by atoms with van der Waals surface area (Å²) >= 11 is 12.2. The Bertz CT molecular complexity index is 655. The van der Waals surface area contributed by atoms with E-state index in [1.807, 2.05) is 32.0 Å². The van der Waals surface area contributed by atoms with Gasteiger partial charge in [-0.1, -0.05) is 35.3 Å². The highest BCUT2D eigenvalue weighted by Gasteiger charge is 2.17. The van der Waals surface area contributed by atoms with Crippen molar-refractivity contribution in [2.75, 3.05) is 7.11 Å². The Balaban J connectivity index is 2.34. The molecule has 0 radical (unpaired) electrons. The van der Waals surface area contributed by atoms with Crippen LogP contribution < -0.4 is 10.5 Å². The van der Waals surface area contributed by atoms with Crippen molar-refractivity contribution in [2.24, 2.45) is 5.73 Å². The lowest BCUT2D eigenvalue weighted by molar-refractivity contribution is 0.404. The average Bonchev–Trinajstić information content (AvgIpc) is 2.40. The van der Waals surface area contributed by atoms with E-state index in [9.17, 15) is 0 Å². The zero-order valence-electron chi connectivity index (χ0n) is 12.4. The van der Waals surface area contributed by atoms with Gasteiger partial charge in [-0.25, -0.2) is 0 Å². The van der Waals surface area contributed by atoms with Crippen LogP contribution in [0.4, 0.5) is 0 Å². The summed E-state index contributed by atoms with van der Waals surface area (Å²) in [7, 11) is 1.67. The minimum absolute atomic E-state index is 0.181. The quantitative estimate of drug-likeness (QED) is 0.871. The van der Waals surface area contributed by atoms with Gasteiger partial charge in [0.05, 0.1) is 7.11 Å². The molecule has 2 nitrogen and oxygen atoms in total. The molecule has 0 bridgehead atoms. The van der Waals surface area contributed by atoms with Gasteiger partial charge in [-0.3, -0.25) is 0 Å². The molecule has 0 aliphatic rings. The molecular weight excluding hydrogens is 305 g/mol. The number of hydrogen-bond donors (Lipinski definition) is 1. The van der Waals surface area contributed by atoms with Crippen LogP contribution in [0.1, 0.15) is 28.3 Å². The molecule has 2 aromatic carbocycles. The predicted molar refractivity (Wildman–Crippen MR) is 89.6 cm³/mol. The zero-order valence-corrected chi connectivity index (χ0v) is 13.9. The number of benzene rings is 2. The Hall–Kier alpha value is -1.22. The molecule has 21 heavy (non-hydrogen) atoms. The molecule has 0 amide bonds. The first-order chi connectivity index (χ1) is 9.92. The van der Waals surface area contributed by atoms with Gasteiger partial charge in [0, 0.05) is 21.7 Å². The van der Waals surface area contributed by atoms with Crippen LogP contribution in [0.25, 0.3) is 0 Å². The van der Waals surface area contributed by atoms with E-state index in [1.165, 1.54) is 0 Å². The van der Waals surface area contributed by atoms with E-state index in [-0.39, 0.29) is 6.04 Å². The van der Waals surface area contributed by atoms with Crippen LogP contribution in [0.15, 0.2) is 30.3 Å². The molecule has 0 aromatic heterocycles. The van der Waals surface area contributed by atoms with Crippen molar-refractivity contribution in [1.82, 2.24) is 0 Å². The van der Waals surface area contributed by atoms with Crippen LogP contribution in [-0.2, 0) is 6.42 Å². The second kappa shape index (κ2) is 6.69. The fourth-order valence-corrected chi connectivity index (χ4v) is 3.10. The number of nitrogens with two attached hydrogens (primary N) is 1. The molecule has 2 rings (SSSR count). The Labute approximate surface area is 135 Å². The van der Waals surface area contributed by atoms with Gasteiger partial charge in [0.25, 0.3) is 0 Å². The summed E-state index contributed by atoms with van der Waals surface area (Å²) in [6.07, 6.45) is 0.635. The maximum atomic E-state index is 6.39. The molecule has 1 atom stereocenters.